The molecule has 32 heavy (non-hydrogen) atoms. The lowest BCUT2D eigenvalue weighted by molar-refractivity contribution is -0.124. The number of H-pyrrole nitrogens is 1. The van der Waals surface area contributed by atoms with E-state index in [1.807, 2.05) is 12.1 Å². The van der Waals surface area contributed by atoms with E-state index >= 15 is 0 Å². The highest BCUT2D eigenvalue weighted by Gasteiger charge is 2.32. The molecule has 0 aliphatic heterocycles. The Hall–Kier alpha value is -3.29. The summed E-state index contributed by atoms with van der Waals surface area (Å²) >= 11 is 0. The maximum absolute atomic E-state index is 13.3. The minimum Gasteiger partial charge on any atom is -0.350 e. The van der Waals surface area contributed by atoms with Crippen molar-refractivity contribution >= 4 is 23.0 Å². The minimum atomic E-state index is -0.575. The number of nitrogens with zero attached hydrogens (tertiary/aromatic N) is 3. The molecule has 2 aliphatic rings. The zero-order valence-corrected chi connectivity index (χ0v) is 18.0. The highest BCUT2D eigenvalue weighted by atomic mass is 16.2. The molecule has 5 rings (SSSR count). The van der Waals surface area contributed by atoms with Crippen LogP contribution in [0.3, 0.4) is 0 Å². The monoisotopic (exact) mass is 432 g/mol. The van der Waals surface area contributed by atoms with Gasteiger partial charge >= 0.3 is 0 Å². The Morgan fingerprint density at radius 3 is 2.62 bits per heavy atom. The van der Waals surface area contributed by atoms with Crippen molar-refractivity contribution in [2.24, 2.45) is 5.92 Å². The molecular weight excluding hydrogens is 404 g/mol. The van der Waals surface area contributed by atoms with Gasteiger partial charge in [0.1, 0.15) is 11.6 Å². The van der Waals surface area contributed by atoms with E-state index < -0.39 is 6.04 Å². The van der Waals surface area contributed by atoms with Gasteiger partial charge in [0, 0.05) is 31.1 Å². The van der Waals surface area contributed by atoms with Crippen molar-refractivity contribution < 1.29 is 9.59 Å². The molecule has 0 spiro atoms. The molecule has 2 saturated carbocycles. The van der Waals surface area contributed by atoms with Crippen molar-refractivity contribution in [3.63, 3.8) is 0 Å². The average molecular weight is 433 g/mol. The summed E-state index contributed by atoms with van der Waals surface area (Å²) in [6, 6.07) is 3.17. The van der Waals surface area contributed by atoms with Gasteiger partial charge < -0.3 is 15.6 Å². The van der Waals surface area contributed by atoms with Gasteiger partial charge in [-0.15, -0.1) is 0 Å². The second-order valence-corrected chi connectivity index (χ2v) is 8.89. The van der Waals surface area contributed by atoms with Gasteiger partial charge in [-0.3, -0.25) is 14.6 Å². The molecule has 0 radical (unpaired) electrons. The fraction of sp³-hybridized carbons (Fsp3) is 0.458. The second-order valence-electron chi connectivity index (χ2n) is 8.89. The molecule has 3 aromatic rings. The molecule has 2 fully saturated rings. The fourth-order valence-corrected chi connectivity index (χ4v) is 4.54. The molecule has 1 atom stereocenters. The third-order valence-electron chi connectivity index (χ3n) is 6.55. The number of rotatable bonds is 7. The van der Waals surface area contributed by atoms with Crippen LogP contribution in [0.2, 0.25) is 0 Å². The van der Waals surface area contributed by atoms with Crippen LogP contribution in [0.4, 0.5) is 0 Å². The molecular formula is C24H28N6O2. The van der Waals surface area contributed by atoms with E-state index in [0.717, 1.165) is 49.8 Å². The van der Waals surface area contributed by atoms with Crippen LogP contribution >= 0.6 is 0 Å². The number of hydrogen-bond acceptors (Lipinski definition) is 5. The molecule has 3 N–H and O–H groups in total. The van der Waals surface area contributed by atoms with Crippen LogP contribution in [0.25, 0.3) is 11.2 Å². The number of hydrogen-bond donors (Lipinski definition) is 3. The number of aromatic amines is 1. The van der Waals surface area contributed by atoms with Gasteiger partial charge in [-0.2, -0.15) is 0 Å². The van der Waals surface area contributed by atoms with Crippen molar-refractivity contribution in [2.75, 3.05) is 0 Å². The lowest BCUT2D eigenvalue weighted by Crippen LogP contribution is -2.51. The van der Waals surface area contributed by atoms with Gasteiger partial charge in [-0.1, -0.05) is 19.3 Å². The van der Waals surface area contributed by atoms with Crippen LogP contribution in [0, 0.1) is 5.92 Å². The van der Waals surface area contributed by atoms with Gasteiger partial charge in [0.05, 0.1) is 17.5 Å². The first-order valence-corrected chi connectivity index (χ1v) is 11.5. The Balaban J connectivity index is 1.34. The summed E-state index contributed by atoms with van der Waals surface area (Å²) in [4.78, 5) is 42.6. The highest BCUT2D eigenvalue weighted by Crippen LogP contribution is 2.39. The van der Waals surface area contributed by atoms with Crippen LogP contribution in [0.15, 0.2) is 36.9 Å². The molecule has 8 heteroatoms. The van der Waals surface area contributed by atoms with Crippen molar-refractivity contribution in [1.29, 1.82) is 0 Å². The Kier molecular flexibility index (Phi) is 5.83. The SMILES string of the molecule is O=C(NC(C(=O)NCc1ccncc1)C1CCCCC1)c1c[nH]c2ncc(C3CC3)nc12. The highest BCUT2D eigenvalue weighted by molar-refractivity contribution is 6.06. The van der Waals surface area contributed by atoms with E-state index in [-0.39, 0.29) is 17.7 Å². The molecule has 3 aromatic heterocycles. The van der Waals surface area contributed by atoms with Crippen molar-refractivity contribution in [3.8, 4) is 0 Å². The normalized spacial score (nSPS) is 17.8. The van der Waals surface area contributed by atoms with Crippen LogP contribution in [0.5, 0.6) is 0 Å². The summed E-state index contributed by atoms with van der Waals surface area (Å²) < 4.78 is 0. The first-order valence-electron chi connectivity index (χ1n) is 11.5. The minimum absolute atomic E-state index is 0.128. The van der Waals surface area contributed by atoms with Crippen LogP contribution in [-0.2, 0) is 11.3 Å². The van der Waals surface area contributed by atoms with Crippen molar-refractivity contribution in [1.82, 2.24) is 30.6 Å². The number of nitrogens with one attached hydrogen (secondary N) is 3. The molecule has 0 bridgehead atoms. The van der Waals surface area contributed by atoms with Crippen LogP contribution < -0.4 is 10.6 Å². The summed E-state index contributed by atoms with van der Waals surface area (Å²) in [5, 5.41) is 6.03. The standard InChI is InChI=1S/C24H28N6O2/c31-23(18-13-26-22-21(18)29-19(14-27-22)16-6-7-16)30-20(17-4-2-1-3-5-17)24(32)28-12-15-8-10-25-11-9-15/h8-11,13-14,16-17,20H,1-7,12H2,(H,26,27)(H,28,32)(H,30,31). The van der Waals surface area contributed by atoms with E-state index in [0.29, 0.717) is 29.2 Å². The number of amides is 2. The Bertz CT molecular complexity index is 1100. The summed E-state index contributed by atoms with van der Waals surface area (Å²) in [5.41, 5.74) is 3.52. The van der Waals surface area contributed by atoms with Gasteiger partial charge in [0.25, 0.3) is 5.91 Å². The van der Waals surface area contributed by atoms with Crippen LogP contribution in [0.1, 0.15) is 72.5 Å². The molecule has 8 nitrogen and oxygen atoms in total. The summed E-state index contributed by atoms with van der Waals surface area (Å²) in [6.07, 6.45) is 14.3. The predicted molar refractivity (Wildman–Crippen MR) is 120 cm³/mol. The Morgan fingerprint density at radius 2 is 1.88 bits per heavy atom. The molecule has 0 saturated heterocycles. The molecule has 1 unspecified atom stereocenters. The quantitative estimate of drug-likeness (QED) is 0.531. The Labute approximate surface area is 186 Å². The summed E-state index contributed by atoms with van der Waals surface area (Å²) in [5.74, 6) is 0.148. The van der Waals surface area contributed by atoms with E-state index in [4.69, 9.17) is 4.98 Å². The predicted octanol–water partition coefficient (Wildman–Crippen LogP) is 3.23. The smallest absolute Gasteiger partial charge is 0.255 e. The maximum atomic E-state index is 13.3. The number of aromatic nitrogens is 4. The first-order chi connectivity index (χ1) is 15.7. The Morgan fingerprint density at radius 1 is 1.09 bits per heavy atom. The fourth-order valence-electron chi connectivity index (χ4n) is 4.54. The number of carbonyl (C=O) groups is 2. The number of pyridine rings is 1. The van der Waals surface area contributed by atoms with Gasteiger partial charge in [0.2, 0.25) is 5.91 Å². The molecule has 3 heterocycles. The third-order valence-corrected chi connectivity index (χ3v) is 6.55. The molecule has 2 amide bonds. The number of carbonyl (C=O) groups excluding carboxylic acids is 2. The molecule has 2 aliphatic carbocycles. The topological polar surface area (TPSA) is 113 Å². The summed E-state index contributed by atoms with van der Waals surface area (Å²) in [6.45, 7) is 0.407. The third kappa shape index (κ3) is 4.49. The lowest BCUT2D eigenvalue weighted by Gasteiger charge is -2.30. The van der Waals surface area contributed by atoms with E-state index in [2.05, 4.69) is 25.6 Å². The number of fused-ring (bicyclic) bond motifs is 1. The maximum Gasteiger partial charge on any atom is 0.255 e. The lowest BCUT2D eigenvalue weighted by atomic mass is 9.83. The van der Waals surface area contributed by atoms with E-state index in [1.54, 1.807) is 24.8 Å². The largest absolute Gasteiger partial charge is 0.350 e. The van der Waals surface area contributed by atoms with Crippen LogP contribution in [-0.4, -0.2) is 37.8 Å². The zero-order valence-electron chi connectivity index (χ0n) is 18.0. The van der Waals surface area contributed by atoms with E-state index in [1.165, 1.54) is 6.42 Å². The molecule has 0 aromatic carbocycles. The second kappa shape index (κ2) is 9.06. The first kappa shape index (κ1) is 20.6. The van der Waals surface area contributed by atoms with Gasteiger partial charge in [-0.05, 0) is 49.3 Å². The van der Waals surface area contributed by atoms with E-state index in [9.17, 15) is 9.59 Å². The van der Waals surface area contributed by atoms with Crippen molar-refractivity contribution in [3.05, 3.63) is 53.7 Å². The zero-order chi connectivity index (χ0) is 21.9. The molecule has 166 valence electrons. The van der Waals surface area contributed by atoms with Gasteiger partial charge in [0.15, 0.2) is 5.65 Å². The average Bonchev–Trinajstić information content (AvgIpc) is 3.61. The summed E-state index contributed by atoms with van der Waals surface area (Å²) in [7, 11) is 0. The van der Waals surface area contributed by atoms with Gasteiger partial charge in [-0.25, -0.2) is 9.97 Å². The van der Waals surface area contributed by atoms with Crippen molar-refractivity contribution in [2.45, 2.75) is 63.5 Å².